The third kappa shape index (κ3) is 2.18. The third-order valence-corrected chi connectivity index (χ3v) is 3.78. The van der Waals surface area contributed by atoms with Crippen LogP contribution in [0.1, 0.15) is 18.9 Å². The molecule has 98 valence electrons. The average Bonchev–Trinajstić information content (AvgIpc) is 2.72. The van der Waals surface area contributed by atoms with E-state index in [9.17, 15) is 10.1 Å². The smallest absolute Gasteiger partial charge is 0.292 e. The maximum Gasteiger partial charge on any atom is 0.292 e. The summed E-state index contributed by atoms with van der Waals surface area (Å²) in [5.74, 6) is 0. The first kappa shape index (κ1) is 12.8. The second kappa shape index (κ2) is 4.57. The number of aryl methyl sites for hydroxylation is 1. The van der Waals surface area contributed by atoms with E-state index in [0.717, 1.165) is 30.8 Å². The van der Waals surface area contributed by atoms with Gasteiger partial charge in [0.25, 0.3) is 5.69 Å². The van der Waals surface area contributed by atoms with Crippen LogP contribution in [0.2, 0.25) is 0 Å². The highest BCUT2D eigenvalue weighted by Crippen LogP contribution is 2.38. The molecule has 18 heavy (non-hydrogen) atoms. The Morgan fingerprint density at radius 2 is 2.28 bits per heavy atom. The van der Waals surface area contributed by atoms with Gasteiger partial charge in [0.1, 0.15) is 5.69 Å². The molecule has 0 saturated carbocycles. The molecule has 1 aromatic rings. The van der Waals surface area contributed by atoms with Gasteiger partial charge in [0.15, 0.2) is 0 Å². The molecule has 0 amide bonds. The minimum atomic E-state index is -0.305. The zero-order chi connectivity index (χ0) is 13.3. The van der Waals surface area contributed by atoms with Crippen molar-refractivity contribution in [3.8, 4) is 0 Å². The molecule has 1 heterocycles. The van der Waals surface area contributed by atoms with Crippen LogP contribution in [0, 0.1) is 22.5 Å². The van der Waals surface area contributed by atoms with Crippen LogP contribution in [0.4, 0.5) is 11.4 Å². The minimum absolute atomic E-state index is 0.0656. The van der Waals surface area contributed by atoms with Crippen LogP contribution in [-0.2, 0) is 0 Å². The fourth-order valence-electron chi connectivity index (χ4n) is 2.58. The fraction of sp³-hybridized carbons (Fsp3) is 0.538. The lowest BCUT2D eigenvalue weighted by atomic mass is 9.90. The first-order valence-electron chi connectivity index (χ1n) is 6.16. The highest BCUT2D eigenvalue weighted by molar-refractivity contribution is 5.68. The maximum absolute atomic E-state index is 11.1. The second-order valence-electron chi connectivity index (χ2n) is 5.39. The quantitative estimate of drug-likeness (QED) is 0.657. The van der Waals surface area contributed by atoms with Gasteiger partial charge in [0, 0.05) is 19.2 Å². The van der Waals surface area contributed by atoms with Gasteiger partial charge in [-0.05, 0) is 30.9 Å². The molecular weight excluding hydrogens is 230 g/mol. The van der Waals surface area contributed by atoms with E-state index in [1.807, 2.05) is 13.0 Å². The van der Waals surface area contributed by atoms with Gasteiger partial charge in [-0.15, -0.1) is 0 Å². The largest absolute Gasteiger partial charge is 0.365 e. The SMILES string of the molecule is Cc1cccc([N+](=O)[O-])c1N1CCC(C)(CN)C1. The van der Waals surface area contributed by atoms with Crippen molar-refractivity contribution in [1.29, 1.82) is 0 Å². The van der Waals surface area contributed by atoms with Crippen molar-refractivity contribution in [2.24, 2.45) is 11.1 Å². The summed E-state index contributed by atoms with van der Waals surface area (Å²) in [5, 5.41) is 11.1. The predicted molar refractivity (Wildman–Crippen MR) is 71.8 cm³/mol. The van der Waals surface area contributed by atoms with Gasteiger partial charge in [-0.25, -0.2) is 0 Å². The summed E-state index contributed by atoms with van der Waals surface area (Å²) in [4.78, 5) is 12.9. The number of rotatable bonds is 3. The van der Waals surface area contributed by atoms with Crippen LogP contribution in [0.3, 0.4) is 0 Å². The van der Waals surface area contributed by atoms with Crippen molar-refractivity contribution in [3.05, 3.63) is 33.9 Å². The Hall–Kier alpha value is -1.62. The molecule has 1 aliphatic rings. The highest BCUT2D eigenvalue weighted by atomic mass is 16.6. The topological polar surface area (TPSA) is 72.4 Å². The number of nitrogens with two attached hydrogens (primary N) is 1. The summed E-state index contributed by atoms with van der Waals surface area (Å²) in [5.41, 5.74) is 7.74. The number of hydrogen-bond donors (Lipinski definition) is 1. The number of nitrogens with zero attached hydrogens (tertiary/aromatic N) is 2. The average molecular weight is 249 g/mol. The van der Waals surface area contributed by atoms with Gasteiger partial charge in [-0.1, -0.05) is 19.1 Å². The first-order chi connectivity index (χ1) is 8.47. The van der Waals surface area contributed by atoms with E-state index in [0.29, 0.717) is 6.54 Å². The van der Waals surface area contributed by atoms with Crippen LogP contribution in [-0.4, -0.2) is 24.6 Å². The minimum Gasteiger partial charge on any atom is -0.365 e. The molecule has 5 nitrogen and oxygen atoms in total. The molecule has 1 fully saturated rings. The molecule has 1 aromatic carbocycles. The van der Waals surface area contributed by atoms with Crippen LogP contribution < -0.4 is 10.6 Å². The van der Waals surface area contributed by atoms with Crippen LogP contribution >= 0.6 is 0 Å². The Labute approximate surface area is 107 Å². The van der Waals surface area contributed by atoms with E-state index < -0.39 is 0 Å². The summed E-state index contributed by atoms with van der Waals surface area (Å²) in [6.07, 6.45) is 0.981. The molecule has 0 bridgehead atoms. The van der Waals surface area contributed by atoms with Gasteiger partial charge in [-0.2, -0.15) is 0 Å². The summed E-state index contributed by atoms with van der Waals surface area (Å²) < 4.78 is 0. The molecule has 0 aromatic heterocycles. The second-order valence-corrected chi connectivity index (χ2v) is 5.39. The predicted octanol–water partition coefficient (Wildman–Crippen LogP) is 2.08. The first-order valence-corrected chi connectivity index (χ1v) is 6.16. The number of para-hydroxylation sites is 1. The molecule has 5 heteroatoms. The monoisotopic (exact) mass is 249 g/mol. The summed E-state index contributed by atoms with van der Waals surface area (Å²) >= 11 is 0. The van der Waals surface area contributed by atoms with Crippen molar-refractivity contribution in [2.45, 2.75) is 20.3 Å². The number of hydrogen-bond acceptors (Lipinski definition) is 4. The molecule has 0 spiro atoms. The zero-order valence-electron chi connectivity index (χ0n) is 10.8. The Bertz CT molecular complexity index is 475. The Morgan fingerprint density at radius 1 is 1.56 bits per heavy atom. The van der Waals surface area contributed by atoms with Crippen molar-refractivity contribution in [2.75, 3.05) is 24.5 Å². The van der Waals surface area contributed by atoms with Gasteiger partial charge in [-0.3, -0.25) is 10.1 Å². The van der Waals surface area contributed by atoms with Gasteiger partial charge in [0.2, 0.25) is 0 Å². The fourth-order valence-corrected chi connectivity index (χ4v) is 2.58. The van der Waals surface area contributed by atoms with E-state index in [2.05, 4.69) is 11.8 Å². The van der Waals surface area contributed by atoms with Crippen LogP contribution in [0.5, 0.6) is 0 Å². The lowest BCUT2D eigenvalue weighted by Crippen LogP contribution is -2.31. The standard InChI is InChI=1S/C13H19N3O2/c1-10-4-3-5-11(16(17)18)12(10)15-7-6-13(2,8-14)9-15/h3-5H,6-9,14H2,1-2H3. The summed E-state index contributed by atoms with van der Waals surface area (Å²) in [6, 6.07) is 5.22. The Kier molecular flexibility index (Phi) is 3.26. The van der Waals surface area contributed by atoms with E-state index in [-0.39, 0.29) is 16.0 Å². The highest BCUT2D eigenvalue weighted by Gasteiger charge is 2.35. The summed E-state index contributed by atoms with van der Waals surface area (Å²) in [7, 11) is 0. The number of nitro groups is 1. The molecule has 1 saturated heterocycles. The van der Waals surface area contributed by atoms with Gasteiger partial charge in [0.05, 0.1) is 4.92 Å². The zero-order valence-corrected chi connectivity index (χ0v) is 10.8. The van der Waals surface area contributed by atoms with Crippen LogP contribution in [0.25, 0.3) is 0 Å². The number of benzene rings is 1. The van der Waals surface area contributed by atoms with Crippen molar-refractivity contribution < 1.29 is 4.92 Å². The molecule has 1 aliphatic heterocycles. The molecule has 0 radical (unpaired) electrons. The van der Waals surface area contributed by atoms with Gasteiger partial charge < -0.3 is 10.6 Å². The van der Waals surface area contributed by atoms with E-state index in [1.54, 1.807) is 12.1 Å². The summed E-state index contributed by atoms with van der Waals surface area (Å²) in [6.45, 7) is 6.29. The van der Waals surface area contributed by atoms with Gasteiger partial charge >= 0.3 is 0 Å². The van der Waals surface area contributed by atoms with E-state index >= 15 is 0 Å². The van der Waals surface area contributed by atoms with Crippen LogP contribution in [0.15, 0.2) is 18.2 Å². The van der Waals surface area contributed by atoms with E-state index in [4.69, 9.17) is 5.73 Å². The molecular formula is C13H19N3O2. The lowest BCUT2D eigenvalue weighted by Gasteiger charge is -2.24. The van der Waals surface area contributed by atoms with E-state index in [1.165, 1.54) is 0 Å². The number of anilines is 1. The maximum atomic E-state index is 11.1. The normalized spacial score (nSPS) is 23.4. The third-order valence-electron chi connectivity index (χ3n) is 3.78. The molecule has 2 rings (SSSR count). The van der Waals surface area contributed by atoms with Crippen molar-refractivity contribution in [1.82, 2.24) is 0 Å². The Balaban J connectivity index is 2.37. The van der Waals surface area contributed by atoms with Crippen molar-refractivity contribution in [3.63, 3.8) is 0 Å². The molecule has 0 aliphatic carbocycles. The molecule has 1 atom stereocenters. The Morgan fingerprint density at radius 3 is 2.83 bits per heavy atom. The van der Waals surface area contributed by atoms with Crippen molar-refractivity contribution >= 4 is 11.4 Å². The molecule has 2 N–H and O–H groups in total. The number of nitro benzene ring substituents is 1. The lowest BCUT2D eigenvalue weighted by molar-refractivity contribution is -0.384. The molecule has 1 unspecified atom stereocenters.